The van der Waals surface area contributed by atoms with Gasteiger partial charge in [0.15, 0.2) is 0 Å². The summed E-state index contributed by atoms with van der Waals surface area (Å²) in [4.78, 5) is 10.4. The molecule has 0 aromatic rings. The molecule has 4 nitrogen and oxygen atoms in total. The third kappa shape index (κ3) is 4.46. The first-order valence-corrected chi connectivity index (χ1v) is 4.21. The number of carbonyl (C=O) groups excluding carboxylic acids is 1. The molecular weight excluding hydrogens is 154 g/mol. The predicted octanol–water partition coefficient (Wildman–Crippen LogP) is -0.567. The van der Waals surface area contributed by atoms with Crippen LogP contribution in [0.2, 0.25) is 0 Å². The van der Waals surface area contributed by atoms with Crippen molar-refractivity contribution in [3.05, 3.63) is 0 Å². The number of nitrogens with one attached hydrogen (secondary N) is 1. The van der Waals surface area contributed by atoms with E-state index >= 15 is 0 Å². The van der Waals surface area contributed by atoms with Gasteiger partial charge < -0.3 is 4.74 Å². The first-order valence-electron chi connectivity index (χ1n) is 2.89. The molecule has 0 aliphatic carbocycles. The molecule has 0 aliphatic rings. The van der Waals surface area contributed by atoms with Crippen molar-refractivity contribution in [2.24, 2.45) is 0 Å². The van der Waals surface area contributed by atoms with Gasteiger partial charge in [0.05, 0.1) is 18.1 Å². The van der Waals surface area contributed by atoms with E-state index in [1.54, 1.807) is 6.92 Å². The van der Waals surface area contributed by atoms with Crippen LogP contribution in [-0.2, 0) is 20.5 Å². The largest absolute Gasteiger partial charge is 0.468 e. The van der Waals surface area contributed by atoms with Crippen molar-refractivity contribution >= 4 is 17.0 Å². The van der Waals surface area contributed by atoms with Crippen LogP contribution in [0.5, 0.6) is 0 Å². The maximum Gasteiger partial charge on any atom is 0.320 e. The fraction of sp³-hybridized carbons (Fsp3) is 0.800. The van der Waals surface area contributed by atoms with Crippen LogP contribution >= 0.6 is 0 Å². The Morgan fingerprint density at radius 2 is 2.30 bits per heavy atom. The van der Waals surface area contributed by atoms with Gasteiger partial charge in [-0.1, -0.05) is 6.92 Å². The summed E-state index contributed by atoms with van der Waals surface area (Å²) in [5.74, 6) is 0.0959. The summed E-state index contributed by atoms with van der Waals surface area (Å²) in [7, 11) is 0.191. The van der Waals surface area contributed by atoms with E-state index in [4.69, 9.17) is 0 Å². The van der Waals surface area contributed by atoms with Gasteiger partial charge in [-0.3, -0.25) is 4.79 Å². The molecule has 0 saturated heterocycles. The molecule has 0 aliphatic heterocycles. The van der Waals surface area contributed by atoms with Crippen LogP contribution in [0.1, 0.15) is 6.92 Å². The lowest BCUT2D eigenvalue weighted by Crippen LogP contribution is -2.26. The highest BCUT2D eigenvalue weighted by molar-refractivity contribution is 7.82. The van der Waals surface area contributed by atoms with Gasteiger partial charge in [0.1, 0.15) is 6.54 Å². The summed E-state index contributed by atoms with van der Waals surface area (Å²) in [6.07, 6.45) is 0. The molecule has 5 heteroatoms. The van der Waals surface area contributed by atoms with Gasteiger partial charge in [0.25, 0.3) is 0 Å². The molecule has 0 spiro atoms. The first-order chi connectivity index (χ1) is 4.70. The quantitative estimate of drug-likeness (QED) is 0.568. The lowest BCUT2D eigenvalue weighted by Gasteiger charge is -1.99. The fourth-order valence-corrected chi connectivity index (χ4v) is 0.797. The summed E-state index contributed by atoms with van der Waals surface area (Å²) in [6.45, 7) is 1.78. The molecule has 0 bridgehead atoms. The molecule has 0 radical (unpaired) electrons. The van der Waals surface area contributed by atoms with E-state index in [1.807, 2.05) is 0 Å². The summed E-state index contributed by atoms with van der Waals surface area (Å²) in [5, 5.41) is 0. The third-order valence-corrected chi connectivity index (χ3v) is 1.86. The third-order valence-electron chi connectivity index (χ3n) is 0.867. The van der Waals surface area contributed by atoms with E-state index < -0.39 is 17.0 Å². The average molecular weight is 165 g/mol. The number of methoxy groups -OCH3 is 1. The summed E-state index contributed by atoms with van der Waals surface area (Å²) in [6, 6.07) is 0. The van der Waals surface area contributed by atoms with Crippen molar-refractivity contribution in [1.29, 1.82) is 0 Å². The topological polar surface area (TPSA) is 55.4 Å². The number of hydrogen-bond donors (Lipinski definition) is 1. The highest BCUT2D eigenvalue weighted by Crippen LogP contribution is 1.74. The molecule has 1 unspecified atom stereocenters. The maximum atomic E-state index is 10.6. The van der Waals surface area contributed by atoms with E-state index in [1.165, 1.54) is 7.11 Å². The predicted molar refractivity (Wildman–Crippen MR) is 38.7 cm³/mol. The minimum Gasteiger partial charge on any atom is -0.468 e. The van der Waals surface area contributed by atoms with Gasteiger partial charge in [-0.2, -0.15) is 0 Å². The van der Waals surface area contributed by atoms with E-state index in [0.29, 0.717) is 5.75 Å². The van der Waals surface area contributed by atoms with Gasteiger partial charge in [0, 0.05) is 5.75 Å². The molecule has 0 rings (SSSR count). The summed E-state index contributed by atoms with van der Waals surface area (Å²) in [5.41, 5.74) is 0. The smallest absolute Gasteiger partial charge is 0.320 e. The Morgan fingerprint density at radius 3 is 2.70 bits per heavy atom. The lowest BCUT2D eigenvalue weighted by atomic mass is 10.7. The van der Waals surface area contributed by atoms with Crippen LogP contribution in [0, 0.1) is 0 Å². The minimum absolute atomic E-state index is 0.0109. The molecule has 0 amide bonds. The van der Waals surface area contributed by atoms with Crippen LogP contribution in [-0.4, -0.2) is 29.6 Å². The maximum absolute atomic E-state index is 10.6. The van der Waals surface area contributed by atoms with Gasteiger partial charge in [-0.25, -0.2) is 8.93 Å². The molecule has 0 aromatic heterocycles. The molecule has 0 aromatic carbocycles. The highest BCUT2D eigenvalue weighted by atomic mass is 32.2. The number of ether oxygens (including phenoxy) is 1. The van der Waals surface area contributed by atoms with Crippen LogP contribution in [0.15, 0.2) is 0 Å². The van der Waals surface area contributed by atoms with Crippen molar-refractivity contribution < 1.29 is 13.7 Å². The monoisotopic (exact) mass is 165 g/mol. The van der Waals surface area contributed by atoms with Crippen molar-refractivity contribution in [2.75, 3.05) is 19.4 Å². The Morgan fingerprint density at radius 1 is 1.70 bits per heavy atom. The molecule has 0 saturated carbocycles. The SMILES string of the molecule is CCS(=O)NCC(=O)OC. The van der Waals surface area contributed by atoms with Crippen molar-refractivity contribution in [1.82, 2.24) is 4.72 Å². The van der Waals surface area contributed by atoms with Crippen molar-refractivity contribution in [3.63, 3.8) is 0 Å². The van der Waals surface area contributed by atoms with E-state index in [2.05, 4.69) is 9.46 Å². The molecule has 1 N–H and O–H groups in total. The number of rotatable bonds is 4. The van der Waals surface area contributed by atoms with E-state index in [9.17, 15) is 9.00 Å². The number of carbonyl (C=O) groups is 1. The second-order valence-electron chi connectivity index (χ2n) is 1.53. The second-order valence-corrected chi connectivity index (χ2v) is 3.09. The number of hydrogen-bond acceptors (Lipinski definition) is 3. The zero-order valence-electron chi connectivity index (χ0n) is 6.05. The Hall–Kier alpha value is -0.420. The first kappa shape index (κ1) is 9.58. The van der Waals surface area contributed by atoms with Gasteiger partial charge >= 0.3 is 5.97 Å². The molecule has 60 valence electrons. The van der Waals surface area contributed by atoms with Crippen LogP contribution in [0.25, 0.3) is 0 Å². The Balaban J connectivity index is 3.35. The zero-order chi connectivity index (χ0) is 7.98. The van der Waals surface area contributed by atoms with Gasteiger partial charge in [-0.05, 0) is 0 Å². The Kier molecular flexibility index (Phi) is 5.15. The fourth-order valence-electron chi connectivity index (χ4n) is 0.314. The zero-order valence-corrected chi connectivity index (χ0v) is 6.86. The molecule has 0 heterocycles. The van der Waals surface area contributed by atoms with Crippen molar-refractivity contribution in [3.8, 4) is 0 Å². The molecule has 10 heavy (non-hydrogen) atoms. The Labute approximate surface area is 62.5 Å². The van der Waals surface area contributed by atoms with Gasteiger partial charge in [-0.15, -0.1) is 0 Å². The van der Waals surface area contributed by atoms with Crippen LogP contribution in [0.3, 0.4) is 0 Å². The average Bonchev–Trinajstić information content (AvgIpc) is 1.99. The Bertz CT molecular complexity index is 121. The normalized spacial score (nSPS) is 12.6. The molecule has 0 fully saturated rings. The molecule has 1 atom stereocenters. The van der Waals surface area contributed by atoms with E-state index in [0.717, 1.165) is 0 Å². The van der Waals surface area contributed by atoms with Crippen LogP contribution < -0.4 is 4.72 Å². The van der Waals surface area contributed by atoms with Crippen LogP contribution in [0.4, 0.5) is 0 Å². The lowest BCUT2D eigenvalue weighted by molar-refractivity contribution is -0.139. The van der Waals surface area contributed by atoms with Crippen molar-refractivity contribution in [2.45, 2.75) is 6.92 Å². The summed E-state index contributed by atoms with van der Waals surface area (Å²) >= 11 is 0. The molecular formula is C5H11NO3S. The van der Waals surface area contributed by atoms with E-state index in [-0.39, 0.29) is 6.54 Å². The van der Waals surface area contributed by atoms with Gasteiger partial charge in [0.2, 0.25) is 0 Å². The standard InChI is InChI=1S/C5H11NO3S/c1-3-10(8)6-4-5(7)9-2/h6H,3-4H2,1-2H3. The second kappa shape index (κ2) is 5.37. The summed E-state index contributed by atoms with van der Waals surface area (Å²) < 4.78 is 17.4. The highest BCUT2D eigenvalue weighted by Gasteiger charge is 2.00. The number of esters is 1. The minimum atomic E-state index is -1.10.